The van der Waals surface area contributed by atoms with Crippen molar-refractivity contribution in [2.24, 2.45) is 0 Å². The van der Waals surface area contributed by atoms with Crippen LogP contribution in [0.5, 0.6) is 5.75 Å². The van der Waals surface area contributed by atoms with Crippen LogP contribution in [0.25, 0.3) is 0 Å². The van der Waals surface area contributed by atoms with Crippen LogP contribution in [0.15, 0.2) is 18.2 Å². The Bertz CT molecular complexity index is 464. The van der Waals surface area contributed by atoms with E-state index in [2.05, 4.69) is 5.32 Å². The summed E-state index contributed by atoms with van der Waals surface area (Å²) in [5, 5.41) is 3.29. The maximum Gasteiger partial charge on any atom is 0.339 e. The predicted octanol–water partition coefficient (Wildman–Crippen LogP) is 1.44. The molecule has 1 aromatic carbocycles. The van der Waals surface area contributed by atoms with E-state index in [-0.39, 0.29) is 5.97 Å². The fourth-order valence-corrected chi connectivity index (χ4v) is 2.81. The van der Waals surface area contributed by atoms with Gasteiger partial charge in [0.1, 0.15) is 11.4 Å². The molecule has 1 spiro atoms. The summed E-state index contributed by atoms with van der Waals surface area (Å²) in [6, 6.07) is 5.54. The van der Waals surface area contributed by atoms with Gasteiger partial charge in [-0.1, -0.05) is 6.07 Å². The maximum absolute atomic E-state index is 11.9. The Kier molecular flexibility index (Phi) is 2.33. The van der Waals surface area contributed by atoms with Crippen molar-refractivity contribution in [1.82, 2.24) is 5.32 Å². The predicted molar refractivity (Wildman–Crippen MR) is 62.2 cm³/mol. The molecule has 1 saturated heterocycles. The monoisotopic (exact) mass is 233 g/mol. The number of ether oxygens (including phenoxy) is 2. The second-order valence-electron chi connectivity index (χ2n) is 4.52. The summed E-state index contributed by atoms with van der Waals surface area (Å²) in [4.78, 5) is 11.9. The van der Waals surface area contributed by atoms with Crippen LogP contribution in [0.1, 0.15) is 28.8 Å². The summed E-state index contributed by atoms with van der Waals surface area (Å²) in [5.74, 6) is 0.538. The molecule has 2 aliphatic rings. The molecule has 1 N–H and O–H groups in total. The number of carbonyl (C=O) groups is 1. The van der Waals surface area contributed by atoms with Gasteiger partial charge in [0.05, 0.1) is 18.2 Å². The molecule has 90 valence electrons. The smallest absolute Gasteiger partial charge is 0.339 e. The average Bonchev–Trinajstić information content (AvgIpc) is 2.64. The van der Waals surface area contributed by atoms with Gasteiger partial charge in [-0.05, 0) is 25.2 Å². The van der Waals surface area contributed by atoms with Crippen molar-refractivity contribution >= 4 is 5.97 Å². The minimum atomic E-state index is -0.468. The number of rotatable bonds is 1. The van der Waals surface area contributed by atoms with Gasteiger partial charge in [0.2, 0.25) is 0 Å². The van der Waals surface area contributed by atoms with Gasteiger partial charge in [-0.25, -0.2) is 4.79 Å². The molecular formula is C13H15NO3. The summed E-state index contributed by atoms with van der Waals surface area (Å²) >= 11 is 0. The van der Waals surface area contributed by atoms with E-state index in [9.17, 15) is 4.79 Å². The van der Waals surface area contributed by atoms with Crippen molar-refractivity contribution in [3.63, 3.8) is 0 Å². The Morgan fingerprint density at radius 2 is 2.12 bits per heavy atom. The van der Waals surface area contributed by atoms with Crippen LogP contribution in [0.2, 0.25) is 0 Å². The first-order valence-electron chi connectivity index (χ1n) is 5.88. The van der Waals surface area contributed by atoms with Crippen molar-refractivity contribution < 1.29 is 14.3 Å². The second-order valence-corrected chi connectivity index (χ2v) is 4.52. The molecule has 0 atom stereocenters. The van der Waals surface area contributed by atoms with Gasteiger partial charge < -0.3 is 14.8 Å². The fourth-order valence-electron chi connectivity index (χ4n) is 2.81. The molecule has 0 amide bonds. The van der Waals surface area contributed by atoms with E-state index in [4.69, 9.17) is 9.47 Å². The highest BCUT2D eigenvalue weighted by Gasteiger charge is 2.48. The van der Waals surface area contributed by atoms with Crippen molar-refractivity contribution in [3.8, 4) is 5.75 Å². The van der Waals surface area contributed by atoms with E-state index < -0.39 is 5.60 Å². The van der Waals surface area contributed by atoms with Crippen molar-refractivity contribution in [2.45, 2.75) is 18.4 Å². The maximum atomic E-state index is 11.9. The lowest BCUT2D eigenvalue weighted by atomic mass is 9.84. The Morgan fingerprint density at radius 3 is 2.82 bits per heavy atom. The van der Waals surface area contributed by atoms with E-state index in [0.717, 1.165) is 37.2 Å². The van der Waals surface area contributed by atoms with Crippen LogP contribution in [-0.2, 0) is 10.3 Å². The van der Waals surface area contributed by atoms with Crippen molar-refractivity contribution in [1.29, 1.82) is 0 Å². The van der Waals surface area contributed by atoms with Gasteiger partial charge in [0, 0.05) is 12.8 Å². The quantitative estimate of drug-likeness (QED) is 0.746. The van der Waals surface area contributed by atoms with Crippen LogP contribution in [0.3, 0.4) is 0 Å². The molecule has 0 aromatic heterocycles. The fraction of sp³-hybridized carbons (Fsp3) is 0.462. The molecule has 0 bridgehead atoms. The van der Waals surface area contributed by atoms with E-state index >= 15 is 0 Å². The molecule has 2 heterocycles. The number of benzene rings is 1. The van der Waals surface area contributed by atoms with Crippen molar-refractivity contribution in [2.75, 3.05) is 20.2 Å². The highest BCUT2D eigenvalue weighted by molar-refractivity contribution is 5.95. The van der Waals surface area contributed by atoms with Crippen LogP contribution >= 0.6 is 0 Å². The third-order valence-electron chi connectivity index (χ3n) is 3.62. The molecule has 17 heavy (non-hydrogen) atoms. The molecule has 2 aliphatic heterocycles. The first-order valence-corrected chi connectivity index (χ1v) is 5.88. The van der Waals surface area contributed by atoms with Gasteiger partial charge in [-0.3, -0.25) is 0 Å². The molecule has 1 aromatic rings. The van der Waals surface area contributed by atoms with Gasteiger partial charge >= 0.3 is 5.97 Å². The molecule has 3 rings (SSSR count). The second kappa shape index (κ2) is 3.74. The first kappa shape index (κ1) is 10.6. The molecule has 0 radical (unpaired) electrons. The highest BCUT2D eigenvalue weighted by atomic mass is 16.6. The summed E-state index contributed by atoms with van der Waals surface area (Å²) in [6.07, 6.45) is 1.62. The molecule has 0 aliphatic carbocycles. The average molecular weight is 233 g/mol. The number of fused-ring (bicyclic) bond motifs is 2. The zero-order valence-electron chi connectivity index (χ0n) is 9.79. The molecular weight excluding hydrogens is 218 g/mol. The lowest BCUT2D eigenvalue weighted by Crippen LogP contribution is -2.40. The summed E-state index contributed by atoms with van der Waals surface area (Å²) < 4.78 is 11.0. The number of nitrogens with one attached hydrogen (secondary N) is 1. The van der Waals surface area contributed by atoms with E-state index in [1.54, 1.807) is 7.11 Å². The number of methoxy groups -OCH3 is 1. The standard InChI is InChI=1S/C13H15NO3/c1-16-10-4-2-3-9-11(10)13(17-12(9)15)5-7-14-8-6-13/h2-4,14H,5-8H2,1H3. The topological polar surface area (TPSA) is 47.6 Å². The Balaban J connectivity index is 2.16. The first-order chi connectivity index (χ1) is 8.27. The number of hydrogen-bond acceptors (Lipinski definition) is 4. The Morgan fingerprint density at radius 1 is 1.35 bits per heavy atom. The molecule has 0 saturated carbocycles. The van der Waals surface area contributed by atoms with Crippen LogP contribution in [0.4, 0.5) is 0 Å². The SMILES string of the molecule is COc1cccc2c1C1(CCNCC1)OC2=O. The summed E-state index contributed by atoms with van der Waals surface area (Å²) in [6.45, 7) is 1.73. The van der Waals surface area contributed by atoms with Gasteiger partial charge in [-0.15, -0.1) is 0 Å². The number of piperidine rings is 1. The highest BCUT2D eigenvalue weighted by Crippen LogP contribution is 2.47. The van der Waals surface area contributed by atoms with E-state index in [0.29, 0.717) is 5.56 Å². The van der Waals surface area contributed by atoms with Crippen molar-refractivity contribution in [3.05, 3.63) is 29.3 Å². The summed E-state index contributed by atoms with van der Waals surface area (Å²) in [5.41, 5.74) is 1.13. The van der Waals surface area contributed by atoms with Crippen LogP contribution in [0, 0.1) is 0 Å². The molecule has 1 fully saturated rings. The summed E-state index contributed by atoms with van der Waals surface area (Å²) in [7, 11) is 1.63. The Labute approximate surface area is 99.9 Å². The van der Waals surface area contributed by atoms with Gasteiger partial charge in [0.15, 0.2) is 0 Å². The number of carbonyl (C=O) groups excluding carboxylic acids is 1. The van der Waals surface area contributed by atoms with Crippen LogP contribution in [-0.4, -0.2) is 26.2 Å². The van der Waals surface area contributed by atoms with Crippen LogP contribution < -0.4 is 10.1 Å². The zero-order chi connectivity index (χ0) is 11.9. The molecule has 4 heteroatoms. The van der Waals surface area contributed by atoms with E-state index in [1.807, 2.05) is 18.2 Å². The minimum Gasteiger partial charge on any atom is -0.496 e. The van der Waals surface area contributed by atoms with E-state index in [1.165, 1.54) is 0 Å². The number of hydrogen-bond donors (Lipinski definition) is 1. The molecule has 4 nitrogen and oxygen atoms in total. The third kappa shape index (κ3) is 1.44. The third-order valence-corrected chi connectivity index (χ3v) is 3.62. The molecule has 0 unspecified atom stereocenters. The van der Waals surface area contributed by atoms with Gasteiger partial charge in [0.25, 0.3) is 0 Å². The number of esters is 1. The lowest BCUT2D eigenvalue weighted by molar-refractivity contribution is -0.0249. The minimum absolute atomic E-state index is 0.221. The zero-order valence-corrected chi connectivity index (χ0v) is 9.79. The lowest BCUT2D eigenvalue weighted by Gasteiger charge is -2.33. The van der Waals surface area contributed by atoms with Gasteiger partial charge in [-0.2, -0.15) is 0 Å². The Hall–Kier alpha value is -1.55. The normalized spacial score (nSPS) is 21.1. The largest absolute Gasteiger partial charge is 0.496 e.